The molecule has 2 rings (SSSR count). The molecule has 0 amide bonds. The van der Waals surface area contributed by atoms with E-state index in [9.17, 15) is 0 Å². The normalized spacial score (nSPS) is 10.8. The molecule has 0 saturated heterocycles. The maximum absolute atomic E-state index is 5.64. The van der Waals surface area contributed by atoms with Crippen LogP contribution in [0.25, 0.3) is 0 Å². The van der Waals surface area contributed by atoms with Gasteiger partial charge in [-0.2, -0.15) is 0 Å². The molecule has 0 aliphatic carbocycles. The first-order valence-corrected chi connectivity index (χ1v) is 5.97. The summed E-state index contributed by atoms with van der Waals surface area (Å²) in [4.78, 5) is 5.52. The molecule has 0 atom stereocenters. The molecule has 0 fully saturated rings. The minimum atomic E-state index is 0.548. The Hall–Kier alpha value is -1.13. The quantitative estimate of drug-likeness (QED) is 0.858. The zero-order valence-corrected chi connectivity index (χ0v) is 9.63. The van der Waals surface area contributed by atoms with Crippen LogP contribution in [0.5, 0.6) is 0 Å². The molecule has 0 aliphatic rings. The first kappa shape index (κ1) is 10.4. The van der Waals surface area contributed by atoms with Crippen LogP contribution < -0.4 is 5.73 Å². The lowest BCUT2D eigenvalue weighted by Crippen LogP contribution is -2.07. The molecule has 2 N–H and O–H groups in total. The summed E-state index contributed by atoms with van der Waals surface area (Å²) in [5, 5.41) is 2.15. The van der Waals surface area contributed by atoms with Crippen LogP contribution in [-0.2, 0) is 19.5 Å². The molecule has 0 saturated carbocycles. The van der Waals surface area contributed by atoms with Crippen molar-refractivity contribution in [3.8, 4) is 0 Å². The highest BCUT2D eigenvalue weighted by molar-refractivity contribution is 7.10. The maximum atomic E-state index is 5.64. The molecule has 0 aliphatic heterocycles. The highest BCUT2D eigenvalue weighted by Crippen LogP contribution is 2.19. The Balaban J connectivity index is 2.21. The molecule has 0 spiro atoms. The van der Waals surface area contributed by atoms with Crippen LogP contribution in [0, 0.1) is 0 Å². The van der Waals surface area contributed by atoms with Crippen molar-refractivity contribution in [2.45, 2.75) is 26.4 Å². The number of nitrogens with zero attached hydrogens (tertiary/aromatic N) is 2. The van der Waals surface area contributed by atoms with Gasteiger partial charge in [-0.1, -0.05) is 6.92 Å². The average molecular weight is 221 g/mol. The number of hydrogen-bond donors (Lipinski definition) is 1. The van der Waals surface area contributed by atoms with E-state index in [2.05, 4.69) is 27.9 Å². The highest BCUT2D eigenvalue weighted by atomic mass is 32.1. The van der Waals surface area contributed by atoms with Crippen molar-refractivity contribution in [1.29, 1.82) is 0 Å². The fourth-order valence-corrected chi connectivity index (χ4v) is 2.61. The van der Waals surface area contributed by atoms with E-state index in [4.69, 9.17) is 5.73 Å². The Bertz CT molecular complexity index is 390. The van der Waals surface area contributed by atoms with Gasteiger partial charge in [-0.25, -0.2) is 4.98 Å². The highest BCUT2D eigenvalue weighted by Gasteiger charge is 2.05. The van der Waals surface area contributed by atoms with E-state index in [1.165, 1.54) is 10.4 Å². The lowest BCUT2D eigenvalue weighted by Gasteiger charge is -2.06. The van der Waals surface area contributed by atoms with Crippen molar-refractivity contribution in [2.24, 2.45) is 5.73 Å². The fourth-order valence-electron chi connectivity index (χ4n) is 1.64. The lowest BCUT2D eigenvalue weighted by atomic mass is 10.2. The molecule has 4 heteroatoms. The summed E-state index contributed by atoms with van der Waals surface area (Å²) in [6.45, 7) is 3.63. The third-order valence-corrected chi connectivity index (χ3v) is 3.49. The van der Waals surface area contributed by atoms with Gasteiger partial charge in [0, 0.05) is 17.6 Å². The maximum Gasteiger partial charge on any atom is 0.0952 e. The van der Waals surface area contributed by atoms with Gasteiger partial charge in [-0.15, -0.1) is 11.3 Å². The van der Waals surface area contributed by atoms with E-state index in [0.29, 0.717) is 6.54 Å². The molecular formula is C11H15N3S. The van der Waals surface area contributed by atoms with Crippen molar-refractivity contribution in [1.82, 2.24) is 9.55 Å². The number of aromatic nitrogens is 2. The van der Waals surface area contributed by atoms with Gasteiger partial charge in [0.1, 0.15) is 0 Å². The molecule has 15 heavy (non-hydrogen) atoms. The number of hydrogen-bond acceptors (Lipinski definition) is 3. The van der Waals surface area contributed by atoms with Gasteiger partial charge in [0.05, 0.1) is 18.6 Å². The largest absolute Gasteiger partial charge is 0.328 e. The number of aryl methyl sites for hydroxylation is 1. The Morgan fingerprint density at radius 3 is 3.13 bits per heavy atom. The van der Waals surface area contributed by atoms with Gasteiger partial charge in [-0.3, -0.25) is 0 Å². The zero-order chi connectivity index (χ0) is 10.7. The standard InChI is InChI=1S/C11H15N3S/c1-2-9-3-4-15-11(9)7-14-8-13-6-10(14)5-12/h3-4,6,8H,2,5,7,12H2,1H3. The molecule has 0 unspecified atom stereocenters. The van der Waals surface area contributed by atoms with E-state index >= 15 is 0 Å². The van der Waals surface area contributed by atoms with Crippen LogP contribution in [0.2, 0.25) is 0 Å². The summed E-state index contributed by atoms with van der Waals surface area (Å²) < 4.78 is 2.12. The van der Waals surface area contributed by atoms with Gasteiger partial charge < -0.3 is 10.3 Å². The van der Waals surface area contributed by atoms with E-state index in [1.807, 2.05) is 12.5 Å². The van der Waals surface area contributed by atoms with Crippen LogP contribution in [0.4, 0.5) is 0 Å². The van der Waals surface area contributed by atoms with E-state index in [1.54, 1.807) is 11.3 Å². The lowest BCUT2D eigenvalue weighted by molar-refractivity contribution is 0.743. The van der Waals surface area contributed by atoms with Crippen LogP contribution in [-0.4, -0.2) is 9.55 Å². The van der Waals surface area contributed by atoms with Gasteiger partial charge in [0.25, 0.3) is 0 Å². The molecule has 0 aromatic carbocycles. The molecule has 80 valence electrons. The molecule has 2 aromatic heterocycles. The second-order valence-electron chi connectivity index (χ2n) is 3.44. The summed E-state index contributed by atoms with van der Waals surface area (Å²) in [5.41, 5.74) is 8.15. The number of nitrogens with two attached hydrogens (primary N) is 1. The Labute approximate surface area is 93.6 Å². The monoisotopic (exact) mass is 221 g/mol. The molecule has 0 radical (unpaired) electrons. The van der Waals surface area contributed by atoms with Crippen molar-refractivity contribution < 1.29 is 0 Å². The van der Waals surface area contributed by atoms with Crippen LogP contribution in [0.3, 0.4) is 0 Å². The summed E-state index contributed by atoms with van der Waals surface area (Å²) >= 11 is 1.80. The minimum Gasteiger partial charge on any atom is -0.328 e. The molecular weight excluding hydrogens is 206 g/mol. The van der Waals surface area contributed by atoms with Gasteiger partial charge in [-0.05, 0) is 23.4 Å². The molecule has 2 heterocycles. The van der Waals surface area contributed by atoms with E-state index < -0.39 is 0 Å². The third kappa shape index (κ3) is 2.11. The van der Waals surface area contributed by atoms with Crippen molar-refractivity contribution >= 4 is 11.3 Å². The van der Waals surface area contributed by atoms with Crippen LogP contribution in [0.1, 0.15) is 23.1 Å². The molecule has 0 bridgehead atoms. The first-order valence-electron chi connectivity index (χ1n) is 5.09. The Morgan fingerprint density at radius 2 is 2.40 bits per heavy atom. The number of rotatable bonds is 4. The van der Waals surface area contributed by atoms with E-state index in [0.717, 1.165) is 18.7 Å². The first-order chi connectivity index (χ1) is 7.35. The second kappa shape index (κ2) is 4.59. The second-order valence-corrected chi connectivity index (χ2v) is 4.44. The SMILES string of the molecule is CCc1ccsc1Cn1cncc1CN. The Morgan fingerprint density at radius 1 is 1.53 bits per heavy atom. The Kier molecular flexibility index (Phi) is 3.18. The van der Waals surface area contributed by atoms with Crippen molar-refractivity contribution in [2.75, 3.05) is 0 Å². The minimum absolute atomic E-state index is 0.548. The van der Waals surface area contributed by atoms with Gasteiger partial charge in [0.2, 0.25) is 0 Å². The third-order valence-electron chi connectivity index (χ3n) is 2.54. The topological polar surface area (TPSA) is 43.8 Å². The van der Waals surface area contributed by atoms with Crippen LogP contribution >= 0.6 is 11.3 Å². The summed E-state index contributed by atoms with van der Waals surface area (Å²) in [6, 6.07) is 2.19. The van der Waals surface area contributed by atoms with Crippen molar-refractivity contribution in [3.63, 3.8) is 0 Å². The zero-order valence-electron chi connectivity index (χ0n) is 8.81. The number of thiophene rings is 1. The smallest absolute Gasteiger partial charge is 0.0952 e. The predicted octanol–water partition coefficient (Wildman–Crippen LogP) is 2.01. The van der Waals surface area contributed by atoms with Gasteiger partial charge in [0.15, 0.2) is 0 Å². The number of imidazole rings is 1. The summed E-state index contributed by atoms with van der Waals surface area (Å²) in [5.74, 6) is 0. The van der Waals surface area contributed by atoms with Crippen LogP contribution in [0.15, 0.2) is 24.0 Å². The fraction of sp³-hybridized carbons (Fsp3) is 0.364. The average Bonchev–Trinajstić information content (AvgIpc) is 2.87. The van der Waals surface area contributed by atoms with E-state index in [-0.39, 0.29) is 0 Å². The predicted molar refractivity (Wildman–Crippen MR) is 62.9 cm³/mol. The molecule has 2 aromatic rings. The molecule has 3 nitrogen and oxygen atoms in total. The van der Waals surface area contributed by atoms with Crippen molar-refractivity contribution in [3.05, 3.63) is 40.1 Å². The van der Waals surface area contributed by atoms with Gasteiger partial charge >= 0.3 is 0 Å². The summed E-state index contributed by atoms with van der Waals surface area (Å²) in [7, 11) is 0. The summed E-state index contributed by atoms with van der Waals surface area (Å²) in [6.07, 6.45) is 4.77.